The molecule has 0 atom stereocenters. The molecule has 158 valence electrons. The van der Waals surface area contributed by atoms with Crippen molar-refractivity contribution in [1.29, 1.82) is 5.26 Å². The summed E-state index contributed by atoms with van der Waals surface area (Å²) in [6.07, 6.45) is 0.859. The molecule has 1 aromatic heterocycles. The van der Waals surface area contributed by atoms with Crippen molar-refractivity contribution in [3.8, 4) is 17.7 Å². The highest BCUT2D eigenvalue weighted by molar-refractivity contribution is 6.31. The van der Waals surface area contributed by atoms with E-state index in [1.54, 1.807) is 48.5 Å². The minimum Gasteiger partial charge on any atom is -0.494 e. The molecule has 31 heavy (non-hydrogen) atoms. The number of ether oxygens (including phenoxy) is 1. The summed E-state index contributed by atoms with van der Waals surface area (Å²) in [5.74, 6) is -0.375. The second-order valence-corrected chi connectivity index (χ2v) is 7.40. The van der Waals surface area contributed by atoms with Crippen LogP contribution >= 0.6 is 11.6 Å². The van der Waals surface area contributed by atoms with Gasteiger partial charge < -0.3 is 9.84 Å². The number of rotatable bonds is 7. The van der Waals surface area contributed by atoms with Gasteiger partial charge in [0, 0.05) is 10.6 Å². The molecule has 0 saturated carbocycles. The van der Waals surface area contributed by atoms with Gasteiger partial charge in [-0.1, -0.05) is 36.7 Å². The second kappa shape index (κ2) is 9.50. The molecule has 0 aliphatic heterocycles. The fraction of sp³-hybridized carbons (Fsp3) is 0.208. The van der Waals surface area contributed by atoms with E-state index in [1.807, 2.05) is 13.0 Å². The molecule has 6 nitrogen and oxygen atoms in total. The highest BCUT2D eigenvalue weighted by Crippen LogP contribution is 2.27. The Labute approximate surface area is 184 Å². The molecule has 3 aromatic rings. The van der Waals surface area contributed by atoms with E-state index in [9.17, 15) is 20.0 Å². The molecule has 0 aliphatic rings. The lowest BCUT2D eigenvalue weighted by Gasteiger charge is -2.16. The Balaban J connectivity index is 2.10. The van der Waals surface area contributed by atoms with E-state index in [0.717, 1.165) is 11.0 Å². The van der Waals surface area contributed by atoms with Crippen LogP contribution in [0.2, 0.25) is 5.02 Å². The average Bonchev–Trinajstić information content (AvgIpc) is 2.77. The standard InChI is InChI=1S/C24H21ClN2O4/c1-3-12-31-18-10-8-16(9-11-18)22(28)21-15(2)19(13-26)23(29)27(24(21)30)14-17-6-4-5-7-20(17)25/h4-11,30H,3,12,14H2,1-2H3. The Bertz CT molecular complexity index is 1220. The number of carbonyl (C=O) groups is 1. The molecular weight excluding hydrogens is 416 g/mol. The Morgan fingerprint density at radius 2 is 1.87 bits per heavy atom. The summed E-state index contributed by atoms with van der Waals surface area (Å²) >= 11 is 6.19. The van der Waals surface area contributed by atoms with Crippen molar-refractivity contribution >= 4 is 17.4 Å². The molecule has 0 bridgehead atoms. The monoisotopic (exact) mass is 436 g/mol. The average molecular weight is 437 g/mol. The number of ketones is 1. The smallest absolute Gasteiger partial charge is 0.271 e. The number of nitrogens with zero attached hydrogens (tertiary/aromatic N) is 2. The van der Waals surface area contributed by atoms with Gasteiger partial charge in [0.05, 0.1) is 18.7 Å². The van der Waals surface area contributed by atoms with Crippen molar-refractivity contribution in [2.75, 3.05) is 6.61 Å². The van der Waals surface area contributed by atoms with Crippen LogP contribution in [0.4, 0.5) is 0 Å². The van der Waals surface area contributed by atoms with Crippen LogP contribution in [-0.2, 0) is 6.54 Å². The molecule has 0 radical (unpaired) electrons. The number of hydrogen-bond acceptors (Lipinski definition) is 5. The summed E-state index contributed by atoms with van der Waals surface area (Å²) in [7, 11) is 0. The van der Waals surface area contributed by atoms with Crippen LogP contribution in [0.15, 0.2) is 53.3 Å². The normalized spacial score (nSPS) is 10.5. The molecule has 2 aromatic carbocycles. The second-order valence-electron chi connectivity index (χ2n) is 7.00. The summed E-state index contributed by atoms with van der Waals surface area (Å²) < 4.78 is 6.53. The van der Waals surface area contributed by atoms with Gasteiger partial charge in [0.1, 0.15) is 17.4 Å². The number of nitriles is 1. The minimum absolute atomic E-state index is 0.0800. The third kappa shape index (κ3) is 4.47. The van der Waals surface area contributed by atoms with Gasteiger partial charge in [0.2, 0.25) is 5.88 Å². The zero-order valence-electron chi connectivity index (χ0n) is 17.2. The van der Waals surface area contributed by atoms with E-state index in [0.29, 0.717) is 28.5 Å². The van der Waals surface area contributed by atoms with Crippen molar-refractivity contribution in [2.24, 2.45) is 0 Å². The number of carbonyl (C=O) groups excluding carboxylic acids is 1. The van der Waals surface area contributed by atoms with Crippen molar-refractivity contribution in [1.82, 2.24) is 4.57 Å². The Hall–Kier alpha value is -3.56. The highest BCUT2D eigenvalue weighted by atomic mass is 35.5. The van der Waals surface area contributed by atoms with Crippen LogP contribution in [0.5, 0.6) is 11.6 Å². The molecule has 7 heteroatoms. The fourth-order valence-corrected chi connectivity index (χ4v) is 3.43. The quantitative estimate of drug-likeness (QED) is 0.552. The maximum atomic E-state index is 13.2. The molecule has 0 spiro atoms. The lowest BCUT2D eigenvalue weighted by atomic mass is 9.97. The number of halogens is 1. The van der Waals surface area contributed by atoms with Gasteiger partial charge in [-0.3, -0.25) is 14.2 Å². The molecule has 1 heterocycles. The maximum absolute atomic E-state index is 13.2. The Morgan fingerprint density at radius 1 is 1.19 bits per heavy atom. The Morgan fingerprint density at radius 3 is 2.48 bits per heavy atom. The SMILES string of the molecule is CCCOc1ccc(C(=O)c2c(C)c(C#N)c(=O)n(Cc3ccccc3Cl)c2O)cc1. The molecule has 3 rings (SSSR count). The lowest BCUT2D eigenvalue weighted by Crippen LogP contribution is -2.27. The summed E-state index contributed by atoms with van der Waals surface area (Å²) in [4.78, 5) is 26.0. The van der Waals surface area contributed by atoms with E-state index in [2.05, 4.69) is 0 Å². The van der Waals surface area contributed by atoms with Crippen LogP contribution in [0.25, 0.3) is 0 Å². The third-order valence-corrected chi connectivity index (χ3v) is 5.27. The van der Waals surface area contributed by atoms with Gasteiger partial charge >= 0.3 is 0 Å². The van der Waals surface area contributed by atoms with Crippen LogP contribution < -0.4 is 10.3 Å². The van der Waals surface area contributed by atoms with Gasteiger partial charge in [-0.2, -0.15) is 5.26 Å². The first-order chi connectivity index (χ1) is 14.9. The lowest BCUT2D eigenvalue weighted by molar-refractivity contribution is 0.103. The Kier molecular flexibility index (Phi) is 6.78. The molecule has 0 aliphatic carbocycles. The van der Waals surface area contributed by atoms with Crippen molar-refractivity contribution in [3.63, 3.8) is 0 Å². The first-order valence-electron chi connectivity index (χ1n) is 9.76. The van der Waals surface area contributed by atoms with E-state index in [-0.39, 0.29) is 23.2 Å². The largest absolute Gasteiger partial charge is 0.494 e. The number of pyridine rings is 1. The predicted octanol–water partition coefficient (Wildman–Crippen LogP) is 4.46. The number of benzene rings is 2. The third-order valence-electron chi connectivity index (χ3n) is 4.90. The first kappa shape index (κ1) is 22.1. The summed E-state index contributed by atoms with van der Waals surface area (Å²) in [6.45, 7) is 3.95. The molecular formula is C24H21ClN2O4. The van der Waals surface area contributed by atoms with E-state index in [4.69, 9.17) is 16.3 Å². The minimum atomic E-state index is -0.683. The van der Waals surface area contributed by atoms with Crippen LogP contribution in [-0.4, -0.2) is 22.1 Å². The predicted molar refractivity (Wildman–Crippen MR) is 118 cm³/mol. The van der Waals surface area contributed by atoms with Crippen LogP contribution in [0.1, 0.15) is 46.0 Å². The number of hydrogen-bond donors (Lipinski definition) is 1. The maximum Gasteiger partial charge on any atom is 0.271 e. The zero-order valence-corrected chi connectivity index (χ0v) is 17.9. The fourth-order valence-electron chi connectivity index (χ4n) is 3.23. The highest BCUT2D eigenvalue weighted by Gasteiger charge is 2.25. The number of aromatic hydroxyl groups is 1. The van der Waals surface area contributed by atoms with E-state index in [1.165, 1.54) is 6.92 Å². The van der Waals surface area contributed by atoms with Gasteiger partial charge in [-0.15, -0.1) is 0 Å². The van der Waals surface area contributed by atoms with Gasteiger partial charge in [-0.05, 0) is 54.8 Å². The number of aromatic nitrogens is 1. The van der Waals surface area contributed by atoms with Gasteiger partial charge in [-0.25, -0.2) is 0 Å². The molecule has 0 unspecified atom stereocenters. The van der Waals surface area contributed by atoms with Crippen molar-refractivity contribution in [3.05, 3.63) is 91.7 Å². The molecule has 0 amide bonds. The summed E-state index contributed by atoms with van der Waals surface area (Å²) in [5, 5.41) is 20.8. The van der Waals surface area contributed by atoms with Crippen LogP contribution in [0.3, 0.4) is 0 Å². The summed E-state index contributed by atoms with van der Waals surface area (Å²) in [5.41, 5.74) is 0.0368. The summed E-state index contributed by atoms with van der Waals surface area (Å²) in [6, 6.07) is 15.2. The molecule has 0 fully saturated rings. The van der Waals surface area contributed by atoms with E-state index >= 15 is 0 Å². The molecule has 1 N–H and O–H groups in total. The van der Waals surface area contributed by atoms with Gasteiger partial charge in [0.15, 0.2) is 5.78 Å². The first-order valence-corrected chi connectivity index (χ1v) is 10.1. The zero-order chi connectivity index (χ0) is 22.5. The van der Waals surface area contributed by atoms with Crippen molar-refractivity contribution < 1.29 is 14.6 Å². The topological polar surface area (TPSA) is 92.3 Å². The van der Waals surface area contributed by atoms with Crippen LogP contribution in [0, 0.1) is 18.3 Å². The van der Waals surface area contributed by atoms with Crippen molar-refractivity contribution in [2.45, 2.75) is 26.8 Å². The van der Waals surface area contributed by atoms with E-state index < -0.39 is 17.2 Å². The van der Waals surface area contributed by atoms with Gasteiger partial charge in [0.25, 0.3) is 5.56 Å². The molecule has 0 saturated heterocycles.